The van der Waals surface area contributed by atoms with Crippen LogP contribution in [0.2, 0.25) is 5.02 Å². The second-order valence-corrected chi connectivity index (χ2v) is 12.1. The molecule has 3 rings (SSSR count). The van der Waals surface area contributed by atoms with Crippen LogP contribution in [-0.4, -0.2) is 57.1 Å². The van der Waals surface area contributed by atoms with Crippen molar-refractivity contribution in [1.29, 1.82) is 0 Å². The van der Waals surface area contributed by atoms with E-state index in [1.54, 1.807) is 24.3 Å². The number of hydrogen-bond acceptors (Lipinski definition) is 5. The molecule has 39 heavy (non-hydrogen) atoms. The van der Waals surface area contributed by atoms with Crippen LogP contribution in [0.5, 0.6) is 5.75 Å². The van der Waals surface area contributed by atoms with Gasteiger partial charge in [0.1, 0.15) is 17.6 Å². The van der Waals surface area contributed by atoms with E-state index in [1.165, 1.54) is 34.5 Å². The summed E-state index contributed by atoms with van der Waals surface area (Å²) in [5.74, 6) is -0.455. The average Bonchev–Trinajstić information content (AvgIpc) is 3.39. The number of methoxy groups -OCH3 is 1. The van der Waals surface area contributed by atoms with Gasteiger partial charge in [0.15, 0.2) is 0 Å². The average molecular weight is 582 g/mol. The number of ether oxygens (including phenoxy) is 1. The van der Waals surface area contributed by atoms with Crippen molar-refractivity contribution in [2.45, 2.75) is 70.5 Å². The lowest BCUT2D eigenvalue weighted by atomic mass is 10.1. The zero-order valence-corrected chi connectivity index (χ0v) is 24.2. The van der Waals surface area contributed by atoms with E-state index in [0.717, 1.165) is 31.9 Å². The van der Waals surface area contributed by atoms with Crippen molar-refractivity contribution in [2.24, 2.45) is 0 Å². The number of benzene rings is 2. The number of rotatable bonds is 13. The Balaban J connectivity index is 1.76. The molecule has 11 heteroatoms. The fraction of sp³-hybridized carbons (Fsp3) is 0.500. The number of sulfonamides is 1. The standard InChI is InChI=1S/C28H37ClFN3O5S/c1-4-25(28(35)31-22-8-5-6-9-22)32(19-20-11-13-21(30)14-12-20)27(34)10-7-17-33(39(3,36)37)23-15-16-26(38-2)24(29)18-23/h11-16,18,22,25H,4-10,17,19H2,1-3H3,(H,31,35)/t25-/m1/s1. The summed E-state index contributed by atoms with van der Waals surface area (Å²) in [5, 5.41) is 3.36. The third-order valence-electron chi connectivity index (χ3n) is 6.93. The Bertz CT molecular complexity index is 1240. The molecule has 0 radical (unpaired) electrons. The molecule has 2 aromatic rings. The van der Waals surface area contributed by atoms with Crippen LogP contribution in [-0.2, 0) is 26.2 Å². The second-order valence-electron chi connectivity index (χ2n) is 9.82. The number of amides is 2. The van der Waals surface area contributed by atoms with Crippen molar-refractivity contribution in [2.75, 3.05) is 24.2 Å². The molecule has 1 aliphatic rings. The number of carbonyl (C=O) groups is 2. The lowest BCUT2D eigenvalue weighted by Gasteiger charge is -2.32. The predicted molar refractivity (Wildman–Crippen MR) is 151 cm³/mol. The predicted octanol–water partition coefficient (Wildman–Crippen LogP) is 4.90. The molecule has 0 heterocycles. The van der Waals surface area contributed by atoms with Gasteiger partial charge in [0.25, 0.3) is 0 Å². The van der Waals surface area contributed by atoms with Crippen molar-refractivity contribution in [3.63, 3.8) is 0 Å². The molecule has 1 atom stereocenters. The minimum absolute atomic E-state index is 0.0182. The summed E-state index contributed by atoms with van der Waals surface area (Å²) in [6.45, 7) is 2.03. The molecule has 0 aliphatic heterocycles. The van der Waals surface area contributed by atoms with Crippen molar-refractivity contribution < 1.29 is 27.1 Å². The maximum Gasteiger partial charge on any atom is 0.243 e. The summed E-state index contributed by atoms with van der Waals surface area (Å²) in [4.78, 5) is 28.3. The van der Waals surface area contributed by atoms with Crippen molar-refractivity contribution in [1.82, 2.24) is 10.2 Å². The topological polar surface area (TPSA) is 96.0 Å². The highest BCUT2D eigenvalue weighted by Gasteiger charge is 2.30. The van der Waals surface area contributed by atoms with Gasteiger partial charge in [0.05, 0.1) is 24.1 Å². The van der Waals surface area contributed by atoms with E-state index in [2.05, 4.69) is 5.32 Å². The minimum atomic E-state index is -3.66. The molecule has 0 saturated heterocycles. The smallest absolute Gasteiger partial charge is 0.243 e. The molecule has 1 N–H and O–H groups in total. The fourth-order valence-corrected chi connectivity index (χ4v) is 6.10. The van der Waals surface area contributed by atoms with E-state index in [0.29, 0.717) is 23.4 Å². The molecule has 2 aromatic carbocycles. The first-order valence-corrected chi connectivity index (χ1v) is 15.4. The maximum absolute atomic E-state index is 13.5. The van der Waals surface area contributed by atoms with Gasteiger partial charge in [-0.3, -0.25) is 13.9 Å². The van der Waals surface area contributed by atoms with Gasteiger partial charge in [-0.1, -0.05) is 43.5 Å². The van der Waals surface area contributed by atoms with Gasteiger partial charge < -0.3 is 15.0 Å². The molecular formula is C28H37ClFN3O5S. The molecule has 0 aromatic heterocycles. The Labute approximate surface area is 235 Å². The highest BCUT2D eigenvalue weighted by Crippen LogP contribution is 2.30. The first-order chi connectivity index (χ1) is 18.5. The summed E-state index contributed by atoms with van der Waals surface area (Å²) >= 11 is 6.21. The Kier molecular flexibility index (Phi) is 11.0. The third kappa shape index (κ3) is 8.57. The minimum Gasteiger partial charge on any atom is -0.495 e. The maximum atomic E-state index is 13.5. The number of nitrogens with zero attached hydrogens (tertiary/aromatic N) is 2. The van der Waals surface area contributed by atoms with E-state index in [-0.39, 0.29) is 54.6 Å². The van der Waals surface area contributed by atoms with E-state index in [9.17, 15) is 22.4 Å². The molecule has 0 bridgehead atoms. The van der Waals surface area contributed by atoms with Crippen molar-refractivity contribution >= 4 is 39.1 Å². The Morgan fingerprint density at radius 3 is 2.38 bits per heavy atom. The van der Waals surface area contributed by atoms with Crippen LogP contribution in [0.3, 0.4) is 0 Å². The second kappa shape index (κ2) is 14.0. The number of carbonyl (C=O) groups excluding carboxylic acids is 2. The lowest BCUT2D eigenvalue weighted by Crippen LogP contribution is -2.51. The first-order valence-electron chi connectivity index (χ1n) is 13.2. The molecule has 0 spiro atoms. The quantitative estimate of drug-likeness (QED) is 0.363. The zero-order valence-electron chi connectivity index (χ0n) is 22.7. The van der Waals surface area contributed by atoms with Gasteiger partial charge in [-0.05, 0) is 61.6 Å². The van der Waals surface area contributed by atoms with Gasteiger partial charge in [-0.25, -0.2) is 12.8 Å². The van der Waals surface area contributed by atoms with Crippen molar-refractivity contribution in [3.8, 4) is 5.75 Å². The van der Waals surface area contributed by atoms with E-state index in [4.69, 9.17) is 16.3 Å². The number of hydrogen-bond donors (Lipinski definition) is 1. The number of nitrogens with one attached hydrogen (secondary N) is 1. The lowest BCUT2D eigenvalue weighted by molar-refractivity contribution is -0.141. The van der Waals surface area contributed by atoms with Crippen LogP contribution >= 0.6 is 11.6 Å². The van der Waals surface area contributed by atoms with Gasteiger partial charge in [0, 0.05) is 25.6 Å². The zero-order chi connectivity index (χ0) is 28.6. The van der Waals surface area contributed by atoms with Crippen LogP contribution < -0.4 is 14.4 Å². The Morgan fingerprint density at radius 1 is 1.15 bits per heavy atom. The van der Waals surface area contributed by atoms with Gasteiger partial charge in [-0.15, -0.1) is 0 Å². The van der Waals surface area contributed by atoms with E-state index in [1.807, 2.05) is 6.92 Å². The Morgan fingerprint density at radius 2 is 1.82 bits per heavy atom. The van der Waals surface area contributed by atoms with Crippen LogP contribution in [0.25, 0.3) is 0 Å². The SMILES string of the molecule is CC[C@H](C(=O)NC1CCCC1)N(Cc1ccc(F)cc1)C(=O)CCCN(c1ccc(OC)c(Cl)c1)S(C)(=O)=O. The largest absolute Gasteiger partial charge is 0.495 e. The summed E-state index contributed by atoms with van der Waals surface area (Å²) in [6.07, 6.45) is 5.71. The molecule has 214 valence electrons. The van der Waals surface area contributed by atoms with Gasteiger partial charge in [0.2, 0.25) is 21.8 Å². The molecule has 2 amide bonds. The molecule has 1 saturated carbocycles. The van der Waals surface area contributed by atoms with E-state index < -0.39 is 16.1 Å². The normalized spacial score (nSPS) is 14.6. The molecule has 1 fully saturated rings. The van der Waals surface area contributed by atoms with Crippen molar-refractivity contribution in [3.05, 3.63) is 58.9 Å². The summed E-state index contributed by atoms with van der Waals surface area (Å²) in [6, 6.07) is 9.91. The van der Waals surface area contributed by atoms with Crippen LogP contribution in [0.4, 0.5) is 10.1 Å². The Hall–Kier alpha value is -2.85. The molecule has 0 unspecified atom stereocenters. The molecule has 1 aliphatic carbocycles. The highest BCUT2D eigenvalue weighted by molar-refractivity contribution is 7.92. The summed E-state index contributed by atoms with van der Waals surface area (Å²) < 4.78 is 45.0. The molecule has 8 nitrogen and oxygen atoms in total. The van der Waals surface area contributed by atoms with Gasteiger partial charge in [-0.2, -0.15) is 0 Å². The van der Waals surface area contributed by atoms with Crippen LogP contribution in [0.15, 0.2) is 42.5 Å². The van der Waals surface area contributed by atoms with Crippen LogP contribution in [0, 0.1) is 5.82 Å². The van der Waals surface area contributed by atoms with Crippen LogP contribution in [0.1, 0.15) is 57.4 Å². The van der Waals surface area contributed by atoms with E-state index >= 15 is 0 Å². The first kappa shape index (κ1) is 30.7. The third-order valence-corrected chi connectivity index (χ3v) is 8.42. The fourth-order valence-electron chi connectivity index (χ4n) is 4.89. The number of anilines is 1. The summed E-state index contributed by atoms with van der Waals surface area (Å²) in [5.41, 5.74) is 1.06. The monoisotopic (exact) mass is 581 g/mol. The van der Waals surface area contributed by atoms with Gasteiger partial charge >= 0.3 is 0 Å². The summed E-state index contributed by atoms with van der Waals surface area (Å²) in [7, 11) is -2.20. The molecular weight excluding hydrogens is 545 g/mol. The number of halogens is 2. The highest BCUT2D eigenvalue weighted by atomic mass is 35.5.